The third-order valence-corrected chi connectivity index (χ3v) is 5.16. The second-order valence-electron chi connectivity index (χ2n) is 6.76. The van der Waals surface area contributed by atoms with E-state index in [-0.39, 0.29) is 0 Å². The zero-order valence-electron chi connectivity index (χ0n) is 15.3. The molecule has 2 aromatic rings. The first-order chi connectivity index (χ1) is 12.8. The number of nitrogens with zero attached hydrogens (tertiary/aromatic N) is 1. The van der Waals surface area contributed by atoms with Crippen molar-refractivity contribution in [1.82, 2.24) is 4.90 Å². The molecule has 0 bridgehead atoms. The summed E-state index contributed by atoms with van der Waals surface area (Å²) in [5.74, 6) is 0.910. The maximum atomic E-state index is 5.51. The van der Waals surface area contributed by atoms with E-state index in [1.54, 1.807) is 7.11 Å². The second-order valence-corrected chi connectivity index (χ2v) is 6.76. The molecular formula is C23H25NO2. The molecule has 4 rings (SSSR count). The summed E-state index contributed by atoms with van der Waals surface area (Å²) < 4.78 is 11.0. The zero-order valence-corrected chi connectivity index (χ0v) is 15.3. The first-order valence-corrected chi connectivity index (χ1v) is 9.30. The highest BCUT2D eigenvalue weighted by Crippen LogP contribution is 2.38. The SMILES string of the molecule is COc1ccccc1C=C1C=C(CCN2CCOCC2)c2ccccc21. The van der Waals surface area contributed by atoms with E-state index in [2.05, 4.69) is 53.5 Å². The Morgan fingerprint density at radius 2 is 1.73 bits per heavy atom. The number of methoxy groups -OCH3 is 1. The van der Waals surface area contributed by atoms with E-state index in [1.807, 2.05) is 12.1 Å². The number of hydrogen-bond donors (Lipinski definition) is 0. The predicted octanol–water partition coefficient (Wildman–Crippen LogP) is 4.36. The van der Waals surface area contributed by atoms with E-state index in [1.165, 1.54) is 22.3 Å². The van der Waals surface area contributed by atoms with Crippen LogP contribution in [0.4, 0.5) is 0 Å². The van der Waals surface area contributed by atoms with Crippen LogP contribution in [0.3, 0.4) is 0 Å². The number of hydrogen-bond acceptors (Lipinski definition) is 3. The molecule has 0 N–H and O–H groups in total. The van der Waals surface area contributed by atoms with Crippen molar-refractivity contribution in [1.29, 1.82) is 0 Å². The van der Waals surface area contributed by atoms with E-state index in [9.17, 15) is 0 Å². The lowest BCUT2D eigenvalue weighted by atomic mass is 10.0. The standard InChI is InChI=1S/C23H25NO2/c1-25-23-9-5-2-6-19(23)17-20-16-18(21-7-3-4-8-22(20)21)10-11-24-12-14-26-15-13-24/h2-9,16-17H,10-15H2,1H3. The third kappa shape index (κ3) is 3.59. The van der Waals surface area contributed by atoms with Gasteiger partial charge in [-0.3, -0.25) is 4.90 Å². The van der Waals surface area contributed by atoms with Crippen molar-refractivity contribution in [2.75, 3.05) is 40.0 Å². The molecule has 0 atom stereocenters. The Balaban J connectivity index is 1.60. The number of para-hydroxylation sites is 1. The fraction of sp³-hybridized carbons (Fsp3) is 0.304. The van der Waals surface area contributed by atoms with Gasteiger partial charge >= 0.3 is 0 Å². The van der Waals surface area contributed by atoms with Gasteiger partial charge in [0, 0.05) is 25.2 Å². The van der Waals surface area contributed by atoms with Crippen molar-refractivity contribution in [3.05, 3.63) is 71.3 Å². The maximum absolute atomic E-state index is 5.51. The van der Waals surface area contributed by atoms with Gasteiger partial charge in [0.25, 0.3) is 0 Å². The summed E-state index contributed by atoms with van der Waals surface area (Å²) >= 11 is 0. The van der Waals surface area contributed by atoms with E-state index in [4.69, 9.17) is 9.47 Å². The summed E-state index contributed by atoms with van der Waals surface area (Å²) in [5, 5.41) is 0. The Hall–Kier alpha value is -2.36. The Morgan fingerprint density at radius 1 is 1.00 bits per heavy atom. The number of ether oxygens (including phenoxy) is 2. The molecule has 1 aliphatic heterocycles. The van der Waals surface area contributed by atoms with Crippen LogP contribution in [0, 0.1) is 0 Å². The van der Waals surface area contributed by atoms with Crippen LogP contribution in [0.25, 0.3) is 17.2 Å². The number of rotatable bonds is 5. The van der Waals surface area contributed by atoms with Gasteiger partial charge in [-0.1, -0.05) is 48.5 Å². The Morgan fingerprint density at radius 3 is 2.54 bits per heavy atom. The minimum Gasteiger partial charge on any atom is -0.496 e. The van der Waals surface area contributed by atoms with Crippen LogP contribution >= 0.6 is 0 Å². The van der Waals surface area contributed by atoms with Gasteiger partial charge in [-0.15, -0.1) is 0 Å². The lowest BCUT2D eigenvalue weighted by molar-refractivity contribution is 0.0390. The fourth-order valence-corrected chi connectivity index (χ4v) is 3.74. The zero-order chi connectivity index (χ0) is 17.8. The normalized spacial score (nSPS) is 18.7. The lowest BCUT2D eigenvalue weighted by Crippen LogP contribution is -2.36. The van der Waals surface area contributed by atoms with Gasteiger partial charge in [0.15, 0.2) is 0 Å². The molecule has 2 aliphatic rings. The molecule has 0 saturated carbocycles. The van der Waals surface area contributed by atoms with Gasteiger partial charge in [-0.2, -0.15) is 0 Å². The van der Waals surface area contributed by atoms with Crippen LogP contribution in [0.1, 0.15) is 23.1 Å². The van der Waals surface area contributed by atoms with E-state index >= 15 is 0 Å². The molecule has 134 valence electrons. The van der Waals surface area contributed by atoms with Crippen molar-refractivity contribution in [2.45, 2.75) is 6.42 Å². The number of morpholine rings is 1. The Bertz CT molecular complexity index is 832. The van der Waals surface area contributed by atoms with Crippen LogP contribution in [0.5, 0.6) is 5.75 Å². The van der Waals surface area contributed by atoms with E-state index in [0.717, 1.165) is 50.6 Å². The third-order valence-electron chi connectivity index (χ3n) is 5.16. The lowest BCUT2D eigenvalue weighted by Gasteiger charge is -2.26. The number of allylic oxidation sites excluding steroid dienone is 2. The summed E-state index contributed by atoms with van der Waals surface area (Å²) in [6.45, 7) is 4.88. The van der Waals surface area contributed by atoms with Crippen LogP contribution in [-0.4, -0.2) is 44.9 Å². The van der Waals surface area contributed by atoms with Crippen LogP contribution in [0.15, 0.2) is 54.6 Å². The molecule has 26 heavy (non-hydrogen) atoms. The van der Waals surface area contributed by atoms with Gasteiger partial charge < -0.3 is 9.47 Å². The largest absolute Gasteiger partial charge is 0.496 e. The van der Waals surface area contributed by atoms with Crippen LogP contribution in [-0.2, 0) is 4.74 Å². The van der Waals surface area contributed by atoms with Crippen molar-refractivity contribution in [2.24, 2.45) is 0 Å². The van der Waals surface area contributed by atoms with Gasteiger partial charge in [0.05, 0.1) is 20.3 Å². The Labute approximate surface area is 155 Å². The molecule has 2 aromatic carbocycles. The molecule has 0 unspecified atom stereocenters. The topological polar surface area (TPSA) is 21.7 Å². The van der Waals surface area contributed by atoms with Crippen molar-refractivity contribution in [3.8, 4) is 5.75 Å². The second kappa shape index (κ2) is 7.90. The molecule has 0 radical (unpaired) electrons. The number of benzene rings is 2. The molecule has 0 spiro atoms. The van der Waals surface area contributed by atoms with E-state index < -0.39 is 0 Å². The summed E-state index contributed by atoms with van der Waals surface area (Å²) in [7, 11) is 1.73. The van der Waals surface area contributed by atoms with Crippen LogP contribution < -0.4 is 4.74 Å². The van der Waals surface area contributed by atoms with Crippen molar-refractivity contribution >= 4 is 17.2 Å². The van der Waals surface area contributed by atoms with Crippen molar-refractivity contribution in [3.63, 3.8) is 0 Å². The van der Waals surface area contributed by atoms with Gasteiger partial charge in [-0.25, -0.2) is 0 Å². The molecule has 0 aromatic heterocycles. The highest BCUT2D eigenvalue weighted by Gasteiger charge is 2.19. The van der Waals surface area contributed by atoms with Gasteiger partial charge in [-0.05, 0) is 40.8 Å². The molecular weight excluding hydrogens is 322 g/mol. The van der Waals surface area contributed by atoms with Gasteiger partial charge in [0.1, 0.15) is 5.75 Å². The molecule has 0 amide bonds. The summed E-state index contributed by atoms with van der Waals surface area (Å²) in [6, 6.07) is 16.9. The average Bonchev–Trinajstić information content (AvgIpc) is 3.05. The minimum atomic E-state index is 0.856. The molecule has 1 fully saturated rings. The highest BCUT2D eigenvalue weighted by atomic mass is 16.5. The van der Waals surface area contributed by atoms with Crippen LogP contribution in [0.2, 0.25) is 0 Å². The quantitative estimate of drug-likeness (QED) is 0.802. The number of fused-ring (bicyclic) bond motifs is 1. The summed E-state index contributed by atoms with van der Waals surface area (Å²) in [6.07, 6.45) is 5.65. The first-order valence-electron chi connectivity index (χ1n) is 9.30. The highest BCUT2D eigenvalue weighted by molar-refractivity contribution is 6.02. The summed E-state index contributed by atoms with van der Waals surface area (Å²) in [5.41, 5.74) is 6.48. The first kappa shape index (κ1) is 17.1. The molecule has 1 heterocycles. The van der Waals surface area contributed by atoms with E-state index in [0.29, 0.717) is 0 Å². The molecule has 1 aliphatic carbocycles. The van der Waals surface area contributed by atoms with Crippen molar-refractivity contribution < 1.29 is 9.47 Å². The molecule has 1 saturated heterocycles. The molecule has 3 nitrogen and oxygen atoms in total. The predicted molar refractivity (Wildman–Crippen MR) is 107 cm³/mol. The fourth-order valence-electron chi connectivity index (χ4n) is 3.74. The summed E-state index contributed by atoms with van der Waals surface area (Å²) in [4.78, 5) is 2.49. The monoisotopic (exact) mass is 347 g/mol. The Kier molecular flexibility index (Phi) is 5.19. The van der Waals surface area contributed by atoms with Gasteiger partial charge in [0.2, 0.25) is 0 Å². The smallest absolute Gasteiger partial charge is 0.126 e. The average molecular weight is 347 g/mol. The minimum absolute atomic E-state index is 0.856. The maximum Gasteiger partial charge on any atom is 0.126 e. The molecule has 3 heteroatoms.